The lowest BCUT2D eigenvalue weighted by Crippen LogP contribution is -2.46. The normalized spacial score (nSPS) is 25.3. The highest BCUT2D eigenvalue weighted by molar-refractivity contribution is 5.74. The fraction of sp³-hybridized carbons (Fsp3) is 0.923. The number of nitrogens with two attached hydrogens (primary N) is 1. The number of nitrogens with one attached hydrogen (secondary N) is 1. The number of carbonyl (C=O) groups is 1. The van der Waals surface area contributed by atoms with Crippen molar-refractivity contribution in [2.75, 3.05) is 52.5 Å². The SMILES string of the molecule is NCCCN1CCCN(C(=O)NC2CCOC2)CC1. The highest BCUT2D eigenvalue weighted by atomic mass is 16.5. The molecule has 2 heterocycles. The summed E-state index contributed by atoms with van der Waals surface area (Å²) in [6.07, 6.45) is 3.01. The zero-order valence-electron chi connectivity index (χ0n) is 11.6. The average Bonchev–Trinajstić information content (AvgIpc) is 2.80. The smallest absolute Gasteiger partial charge is 0.317 e. The lowest BCUT2D eigenvalue weighted by Gasteiger charge is -2.23. The molecule has 1 atom stereocenters. The van der Waals surface area contributed by atoms with E-state index in [9.17, 15) is 4.79 Å². The van der Waals surface area contributed by atoms with Gasteiger partial charge in [-0.25, -0.2) is 4.79 Å². The summed E-state index contributed by atoms with van der Waals surface area (Å²) in [4.78, 5) is 16.5. The van der Waals surface area contributed by atoms with Crippen LogP contribution in [0.3, 0.4) is 0 Å². The summed E-state index contributed by atoms with van der Waals surface area (Å²) in [5.74, 6) is 0. The number of hydrogen-bond acceptors (Lipinski definition) is 4. The maximum Gasteiger partial charge on any atom is 0.317 e. The molecule has 2 rings (SSSR count). The van der Waals surface area contributed by atoms with Crippen LogP contribution >= 0.6 is 0 Å². The Bertz CT molecular complexity index is 282. The van der Waals surface area contributed by atoms with E-state index in [-0.39, 0.29) is 12.1 Å². The Morgan fingerprint density at radius 3 is 2.95 bits per heavy atom. The van der Waals surface area contributed by atoms with Gasteiger partial charge in [-0.1, -0.05) is 0 Å². The molecule has 0 bridgehead atoms. The Labute approximate surface area is 115 Å². The van der Waals surface area contributed by atoms with Crippen molar-refractivity contribution < 1.29 is 9.53 Å². The van der Waals surface area contributed by atoms with Crippen LogP contribution in [0.15, 0.2) is 0 Å². The lowest BCUT2D eigenvalue weighted by molar-refractivity contribution is 0.178. The lowest BCUT2D eigenvalue weighted by atomic mass is 10.3. The first-order chi connectivity index (χ1) is 9.29. The predicted octanol–water partition coefficient (Wildman–Crippen LogP) is -0.159. The summed E-state index contributed by atoms with van der Waals surface area (Å²) < 4.78 is 5.28. The van der Waals surface area contributed by atoms with E-state index in [4.69, 9.17) is 10.5 Å². The predicted molar refractivity (Wildman–Crippen MR) is 74.1 cm³/mol. The molecule has 0 spiro atoms. The molecule has 0 aromatic carbocycles. The van der Waals surface area contributed by atoms with E-state index in [2.05, 4.69) is 10.2 Å². The average molecular weight is 270 g/mol. The fourth-order valence-electron chi connectivity index (χ4n) is 2.63. The molecule has 2 aliphatic rings. The van der Waals surface area contributed by atoms with Crippen LogP contribution < -0.4 is 11.1 Å². The van der Waals surface area contributed by atoms with Crippen molar-refractivity contribution in [3.05, 3.63) is 0 Å². The van der Waals surface area contributed by atoms with Gasteiger partial charge in [0.2, 0.25) is 0 Å². The van der Waals surface area contributed by atoms with Crippen molar-refractivity contribution in [1.29, 1.82) is 0 Å². The molecule has 0 aromatic rings. The molecule has 2 saturated heterocycles. The van der Waals surface area contributed by atoms with Crippen LogP contribution in [0.4, 0.5) is 4.79 Å². The third-order valence-electron chi connectivity index (χ3n) is 3.81. The van der Waals surface area contributed by atoms with Crippen LogP contribution in [0, 0.1) is 0 Å². The highest BCUT2D eigenvalue weighted by Gasteiger charge is 2.23. The zero-order chi connectivity index (χ0) is 13.5. The van der Waals surface area contributed by atoms with Gasteiger partial charge in [0.05, 0.1) is 12.6 Å². The molecule has 2 aliphatic heterocycles. The van der Waals surface area contributed by atoms with E-state index >= 15 is 0 Å². The first-order valence-electron chi connectivity index (χ1n) is 7.35. The summed E-state index contributed by atoms with van der Waals surface area (Å²) >= 11 is 0. The topological polar surface area (TPSA) is 70.8 Å². The van der Waals surface area contributed by atoms with Gasteiger partial charge in [0.15, 0.2) is 0 Å². The highest BCUT2D eigenvalue weighted by Crippen LogP contribution is 2.07. The van der Waals surface area contributed by atoms with Crippen LogP contribution in [-0.2, 0) is 4.74 Å². The van der Waals surface area contributed by atoms with Gasteiger partial charge in [-0.3, -0.25) is 0 Å². The van der Waals surface area contributed by atoms with Gasteiger partial charge in [0, 0.05) is 26.2 Å². The van der Waals surface area contributed by atoms with E-state index < -0.39 is 0 Å². The number of hydrogen-bond donors (Lipinski definition) is 2. The number of nitrogens with zero attached hydrogens (tertiary/aromatic N) is 2. The Balaban J connectivity index is 1.73. The van der Waals surface area contributed by atoms with E-state index in [0.29, 0.717) is 6.61 Å². The number of carbonyl (C=O) groups excluding carboxylic acids is 1. The van der Waals surface area contributed by atoms with Gasteiger partial charge in [0.1, 0.15) is 0 Å². The van der Waals surface area contributed by atoms with Gasteiger partial charge in [-0.05, 0) is 38.9 Å². The number of urea groups is 1. The number of rotatable bonds is 4. The first-order valence-corrected chi connectivity index (χ1v) is 7.35. The minimum Gasteiger partial charge on any atom is -0.379 e. The Morgan fingerprint density at radius 2 is 2.21 bits per heavy atom. The zero-order valence-corrected chi connectivity index (χ0v) is 11.6. The second-order valence-electron chi connectivity index (χ2n) is 5.33. The molecule has 3 N–H and O–H groups in total. The molecule has 0 radical (unpaired) electrons. The molecule has 0 saturated carbocycles. The number of amides is 2. The molecule has 2 amide bonds. The quantitative estimate of drug-likeness (QED) is 0.745. The van der Waals surface area contributed by atoms with E-state index in [1.54, 1.807) is 0 Å². The van der Waals surface area contributed by atoms with Gasteiger partial charge in [-0.15, -0.1) is 0 Å². The summed E-state index contributed by atoms with van der Waals surface area (Å²) in [5.41, 5.74) is 5.54. The Morgan fingerprint density at radius 1 is 1.32 bits per heavy atom. The molecule has 1 unspecified atom stereocenters. The minimum atomic E-state index is 0.0659. The second kappa shape index (κ2) is 7.67. The molecule has 6 heteroatoms. The second-order valence-corrected chi connectivity index (χ2v) is 5.33. The molecule has 19 heavy (non-hydrogen) atoms. The molecule has 110 valence electrons. The van der Waals surface area contributed by atoms with E-state index in [1.807, 2.05) is 4.90 Å². The van der Waals surface area contributed by atoms with Gasteiger partial charge in [-0.2, -0.15) is 0 Å². The van der Waals surface area contributed by atoms with Crippen molar-refractivity contribution in [3.63, 3.8) is 0 Å². The van der Waals surface area contributed by atoms with Crippen molar-refractivity contribution in [2.45, 2.75) is 25.3 Å². The first kappa shape index (κ1) is 14.6. The van der Waals surface area contributed by atoms with Crippen molar-refractivity contribution in [2.24, 2.45) is 5.73 Å². The van der Waals surface area contributed by atoms with Crippen LogP contribution in [0.25, 0.3) is 0 Å². The van der Waals surface area contributed by atoms with Gasteiger partial charge in [0.25, 0.3) is 0 Å². The van der Waals surface area contributed by atoms with Crippen LogP contribution in [0.2, 0.25) is 0 Å². The molecular weight excluding hydrogens is 244 g/mol. The van der Waals surface area contributed by atoms with Crippen LogP contribution in [0.1, 0.15) is 19.3 Å². The van der Waals surface area contributed by atoms with Gasteiger partial charge >= 0.3 is 6.03 Å². The standard InChI is InChI=1S/C13H26N4O2/c14-4-1-5-16-6-2-7-17(9-8-16)13(18)15-12-3-10-19-11-12/h12H,1-11,14H2,(H,15,18). The number of ether oxygens (including phenoxy) is 1. The summed E-state index contributed by atoms with van der Waals surface area (Å²) in [7, 11) is 0. The summed E-state index contributed by atoms with van der Waals surface area (Å²) in [5, 5.41) is 3.06. The Hall–Kier alpha value is -0.850. The largest absolute Gasteiger partial charge is 0.379 e. The van der Waals surface area contributed by atoms with Gasteiger partial charge < -0.3 is 25.6 Å². The van der Waals surface area contributed by atoms with Crippen molar-refractivity contribution in [1.82, 2.24) is 15.1 Å². The van der Waals surface area contributed by atoms with Crippen LogP contribution in [0.5, 0.6) is 0 Å². The maximum absolute atomic E-state index is 12.1. The van der Waals surface area contributed by atoms with E-state index in [0.717, 1.165) is 65.1 Å². The van der Waals surface area contributed by atoms with Crippen LogP contribution in [-0.4, -0.2) is 74.4 Å². The monoisotopic (exact) mass is 270 g/mol. The maximum atomic E-state index is 12.1. The molecule has 0 aliphatic carbocycles. The molecular formula is C13H26N4O2. The Kier molecular flexibility index (Phi) is 5.88. The van der Waals surface area contributed by atoms with E-state index in [1.165, 1.54) is 0 Å². The molecule has 6 nitrogen and oxygen atoms in total. The summed E-state index contributed by atoms with van der Waals surface area (Å²) in [6, 6.07) is 0.264. The third-order valence-corrected chi connectivity index (χ3v) is 3.81. The summed E-state index contributed by atoms with van der Waals surface area (Å²) in [6.45, 7) is 6.87. The van der Waals surface area contributed by atoms with Crippen molar-refractivity contribution in [3.8, 4) is 0 Å². The minimum absolute atomic E-state index is 0.0659. The third kappa shape index (κ3) is 4.63. The molecule has 2 fully saturated rings. The molecule has 0 aromatic heterocycles. The fourth-order valence-corrected chi connectivity index (χ4v) is 2.63. The van der Waals surface area contributed by atoms with Crippen molar-refractivity contribution >= 4 is 6.03 Å².